The first-order valence-corrected chi connectivity index (χ1v) is 10.4. The highest BCUT2D eigenvalue weighted by Crippen LogP contribution is 2.29. The number of methoxy groups -OCH3 is 1. The van der Waals surface area contributed by atoms with Gasteiger partial charge in [0.1, 0.15) is 0 Å². The Hall–Kier alpha value is -2.29. The lowest BCUT2D eigenvalue weighted by Gasteiger charge is -2.29. The number of aromatic amines is 1. The molecule has 2 aromatic heterocycles. The predicted octanol–water partition coefficient (Wildman–Crippen LogP) is 3.39. The molecular formula is C20H24N4O3S. The summed E-state index contributed by atoms with van der Waals surface area (Å²) in [4.78, 5) is 25.6. The van der Waals surface area contributed by atoms with Crippen LogP contribution in [0.4, 0.5) is 0 Å². The van der Waals surface area contributed by atoms with E-state index >= 15 is 0 Å². The van der Waals surface area contributed by atoms with Gasteiger partial charge in [-0.15, -0.1) is 11.3 Å². The summed E-state index contributed by atoms with van der Waals surface area (Å²) < 4.78 is 10.8. The average Bonchev–Trinajstić information content (AvgIpc) is 3.40. The van der Waals surface area contributed by atoms with E-state index in [4.69, 9.17) is 9.47 Å². The molecule has 0 spiro atoms. The molecule has 1 saturated carbocycles. The Morgan fingerprint density at radius 2 is 2.14 bits per heavy atom. The molecule has 1 fully saturated rings. The second kappa shape index (κ2) is 8.81. The molecule has 2 heterocycles. The molecule has 1 aromatic carbocycles. The number of nitrogens with zero attached hydrogens (tertiary/aromatic N) is 2. The third kappa shape index (κ3) is 4.24. The first-order valence-electron chi connectivity index (χ1n) is 9.52. The molecule has 28 heavy (non-hydrogen) atoms. The molecule has 4 rings (SSSR count). The molecular weight excluding hydrogens is 376 g/mol. The van der Waals surface area contributed by atoms with Crippen LogP contribution in [0, 0.1) is 0 Å². The molecule has 1 aliphatic rings. The van der Waals surface area contributed by atoms with E-state index in [1.807, 2.05) is 18.3 Å². The summed E-state index contributed by atoms with van der Waals surface area (Å²) in [5.74, 6) is -0.0654. The first kappa shape index (κ1) is 19.0. The summed E-state index contributed by atoms with van der Waals surface area (Å²) in [6, 6.07) is 4.07. The number of ether oxygens (including phenoxy) is 2. The quantitative estimate of drug-likeness (QED) is 0.594. The van der Waals surface area contributed by atoms with Gasteiger partial charge in [-0.05, 0) is 43.4 Å². The number of aromatic nitrogens is 3. The summed E-state index contributed by atoms with van der Waals surface area (Å²) in [6.45, 7) is 1.24. The van der Waals surface area contributed by atoms with Crippen LogP contribution in [0.15, 0.2) is 30.2 Å². The number of carbonyl (C=O) groups is 1. The molecule has 0 aliphatic heterocycles. The van der Waals surface area contributed by atoms with Gasteiger partial charge in [0.05, 0.1) is 52.6 Å². The second-order valence-corrected chi connectivity index (χ2v) is 7.88. The standard InChI is InChI=1S/C20H24N4O3S/c1-26-6-7-27-15-4-2-14(3-5-15)24-20(25)16-8-13(18-10-21-12-28-18)9-17-19(16)23-11-22-17/h8-12,14-15H,2-7H2,1H3,(H,22,23)(H,24,25)/t14-,15-. The van der Waals surface area contributed by atoms with Crippen molar-refractivity contribution in [3.05, 3.63) is 35.7 Å². The smallest absolute Gasteiger partial charge is 0.253 e. The normalized spacial score (nSPS) is 19.8. The van der Waals surface area contributed by atoms with Crippen LogP contribution in [0.1, 0.15) is 36.0 Å². The zero-order valence-electron chi connectivity index (χ0n) is 15.8. The van der Waals surface area contributed by atoms with Crippen LogP contribution in [0.25, 0.3) is 21.5 Å². The molecule has 3 aromatic rings. The van der Waals surface area contributed by atoms with E-state index in [1.165, 1.54) is 0 Å². The zero-order valence-corrected chi connectivity index (χ0v) is 16.6. The summed E-state index contributed by atoms with van der Waals surface area (Å²) in [6.07, 6.45) is 7.45. The average molecular weight is 401 g/mol. The van der Waals surface area contributed by atoms with Gasteiger partial charge in [0.15, 0.2) is 0 Å². The van der Waals surface area contributed by atoms with E-state index < -0.39 is 0 Å². The highest BCUT2D eigenvalue weighted by molar-refractivity contribution is 7.13. The molecule has 0 atom stereocenters. The Kier molecular flexibility index (Phi) is 5.99. The number of rotatable bonds is 7. The molecule has 0 saturated heterocycles. The number of amides is 1. The van der Waals surface area contributed by atoms with E-state index in [1.54, 1.807) is 30.3 Å². The van der Waals surface area contributed by atoms with Gasteiger partial charge in [-0.1, -0.05) is 0 Å². The predicted molar refractivity (Wildman–Crippen MR) is 109 cm³/mol. The maximum Gasteiger partial charge on any atom is 0.253 e. The van der Waals surface area contributed by atoms with Gasteiger partial charge in [0, 0.05) is 19.3 Å². The summed E-state index contributed by atoms with van der Waals surface area (Å²) in [7, 11) is 1.68. The van der Waals surface area contributed by atoms with E-state index in [0.29, 0.717) is 18.8 Å². The number of hydrogen-bond acceptors (Lipinski definition) is 6. The summed E-state index contributed by atoms with van der Waals surface area (Å²) in [5, 5.41) is 3.20. The monoisotopic (exact) mass is 400 g/mol. The number of imidazole rings is 1. The summed E-state index contributed by atoms with van der Waals surface area (Å²) in [5.41, 5.74) is 4.92. The van der Waals surface area contributed by atoms with Crippen molar-refractivity contribution in [3.8, 4) is 10.4 Å². The SMILES string of the molecule is COCCO[C@H]1CC[C@H](NC(=O)c2cc(-c3cncs3)cc3nc[nH]c23)CC1. The number of benzene rings is 1. The zero-order chi connectivity index (χ0) is 19.3. The van der Waals surface area contributed by atoms with Gasteiger partial charge in [-0.25, -0.2) is 4.98 Å². The molecule has 0 unspecified atom stereocenters. The lowest BCUT2D eigenvalue weighted by molar-refractivity contribution is -0.00408. The number of H-pyrrole nitrogens is 1. The van der Waals surface area contributed by atoms with Crippen molar-refractivity contribution in [3.63, 3.8) is 0 Å². The van der Waals surface area contributed by atoms with Crippen LogP contribution >= 0.6 is 11.3 Å². The maximum absolute atomic E-state index is 13.0. The van der Waals surface area contributed by atoms with E-state index in [-0.39, 0.29) is 18.1 Å². The van der Waals surface area contributed by atoms with Crippen LogP contribution in [0.2, 0.25) is 0 Å². The van der Waals surface area contributed by atoms with Gasteiger partial charge >= 0.3 is 0 Å². The fraction of sp³-hybridized carbons (Fsp3) is 0.450. The molecule has 0 radical (unpaired) electrons. The van der Waals surface area contributed by atoms with Gasteiger partial charge < -0.3 is 19.8 Å². The number of carbonyl (C=O) groups excluding carboxylic acids is 1. The Morgan fingerprint density at radius 1 is 1.29 bits per heavy atom. The van der Waals surface area contributed by atoms with Gasteiger partial charge in [-0.2, -0.15) is 0 Å². The highest BCUT2D eigenvalue weighted by atomic mass is 32.1. The molecule has 148 valence electrons. The van der Waals surface area contributed by atoms with Crippen LogP contribution in [0.3, 0.4) is 0 Å². The molecule has 7 nitrogen and oxygen atoms in total. The van der Waals surface area contributed by atoms with E-state index in [0.717, 1.165) is 47.2 Å². The fourth-order valence-corrected chi connectivity index (χ4v) is 4.27. The number of nitrogens with one attached hydrogen (secondary N) is 2. The minimum atomic E-state index is -0.0654. The van der Waals surface area contributed by atoms with Crippen molar-refractivity contribution in [2.24, 2.45) is 0 Å². The van der Waals surface area contributed by atoms with Gasteiger partial charge in [0.25, 0.3) is 5.91 Å². The molecule has 1 aliphatic carbocycles. The van der Waals surface area contributed by atoms with Gasteiger partial charge in [-0.3, -0.25) is 9.78 Å². The third-order valence-electron chi connectivity index (χ3n) is 5.14. The second-order valence-electron chi connectivity index (χ2n) is 7.00. The van der Waals surface area contributed by atoms with Crippen LogP contribution < -0.4 is 5.32 Å². The van der Waals surface area contributed by atoms with E-state index in [2.05, 4.69) is 20.3 Å². The van der Waals surface area contributed by atoms with Crippen molar-refractivity contribution in [1.29, 1.82) is 0 Å². The lowest BCUT2D eigenvalue weighted by Crippen LogP contribution is -2.39. The van der Waals surface area contributed by atoms with Crippen LogP contribution in [-0.2, 0) is 9.47 Å². The molecule has 1 amide bonds. The van der Waals surface area contributed by atoms with Crippen molar-refractivity contribution >= 4 is 28.3 Å². The Labute approximate surface area is 167 Å². The van der Waals surface area contributed by atoms with Crippen molar-refractivity contribution < 1.29 is 14.3 Å². The Morgan fingerprint density at radius 3 is 2.89 bits per heavy atom. The number of thiazole rings is 1. The minimum absolute atomic E-state index is 0.0654. The van der Waals surface area contributed by atoms with E-state index in [9.17, 15) is 4.79 Å². The molecule has 0 bridgehead atoms. The van der Waals surface area contributed by atoms with Gasteiger partial charge in [0.2, 0.25) is 0 Å². The van der Waals surface area contributed by atoms with Crippen molar-refractivity contribution in [2.45, 2.75) is 37.8 Å². The molecule has 8 heteroatoms. The molecule has 2 N–H and O–H groups in total. The number of hydrogen-bond donors (Lipinski definition) is 2. The van der Waals surface area contributed by atoms with Crippen molar-refractivity contribution in [2.75, 3.05) is 20.3 Å². The Balaban J connectivity index is 1.44. The maximum atomic E-state index is 13.0. The topological polar surface area (TPSA) is 89.1 Å². The highest BCUT2D eigenvalue weighted by Gasteiger charge is 2.24. The number of fused-ring (bicyclic) bond motifs is 1. The first-order chi connectivity index (χ1) is 13.7. The fourth-order valence-electron chi connectivity index (χ4n) is 3.66. The third-order valence-corrected chi connectivity index (χ3v) is 5.96. The lowest BCUT2D eigenvalue weighted by atomic mass is 9.92. The largest absolute Gasteiger partial charge is 0.382 e. The Bertz CT molecular complexity index is 917. The summed E-state index contributed by atoms with van der Waals surface area (Å²) >= 11 is 1.55. The van der Waals surface area contributed by atoms with Crippen LogP contribution in [-0.4, -0.2) is 53.3 Å². The minimum Gasteiger partial charge on any atom is -0.382 e. The van der Waals surface area contributed by atoms with Crippen molar-refractivity contribution in [1.82, 2.24) is 20.3 Å². The van der Waals surface area contributed by atoms with Crippen LogP contribution in [0.5, 0.6) is 0 Å².